The van der Waals surface area contributed by atoms with E-state index in [0.717, 1.165) is 6.26 Å². The summed E-state index contributed by atoms with van der Waals surface area (Å²) in [5.74, 6) is 0. The first kappa shape index (κ1) is 16.5. The summed E-state index contributed by atoms with van der Waals surface area (Å²) in [6, 6.07) is -0.908. The predicted molar refractivity (Wildman–Crippen MR) is 74.1 cm³/mol. The van der Waals surface area contributed by atoms with E-state index in [0.29, 0.717) is 12.8 Å². The van der Waals surface area contributed by atoms with Crippen LogP contribution in [0.5, 0.6) is 0 Å². The molecule has 0 saturated carbocycles. The van der Waals surface area contributed by atoms with Crippen LogP contribution < -0.4 is 0 Å². The van der Waals surface area contributed by atoms with Gasteiger partial charge in [0.05, 0.1) is 12.3 Å². The molecule has 2 aliphatic rings. The van der Waals surface area contributed by atoms with Crippen LogP contribution in [-0.2, 0) is 19.0 Å². The fourth-order valence-corrected chi connectivity index (χ4v) is 3.65. The number of alkyl halides is 1. The Hall–Kier alpha value is -0.890. The summed E-state index contributed by atoms with van der Waals surface area (Å²) >= 11 is 0. The Kier molecular flexibility index (Phi) is 4.23. The third-order valence-electron chi connectivity index (χ3n) is 3.68. The van der Waals surface area contributed by atoms with Crippen molar-refractivity contribution >= 4 is 16.2 Å². The van der Waals surface area contributed by atoms with E-state index in [2.05, 4.69) is 0 Å². The van der Waals surface area contributed by atoms with Gasteiger partial charge in [-0.1, -0.05) is 0 Å². The molecule has 2 heterocycles. The second kappa shape index (κ2) is 5.39. The van der Waals surface area contributed by atoms with Crippen molar-refractivity contribution in [1.82, 2.24) is 4.90 Å². The molecule has 2 unspecified atom stereocenters. The van der Waals surface area contributed by atoms with E-state index in [4.69, 9.17) is 8.92 Å². The summed E-state index contributed by atoms with van der Waals surface area (Å²) in [6.45, 7) is 5.25. The van der Waals surface area contributed by atoms with Crippen LogP contribution in [-0.4, -0.2) is 55.6 Å². The molecule has 1 amide bonds. The van der Waals surface area contributed by atoms with Gasteiger partial charge in [-0.25, -0.2) is 9.18 Å². The molecule has 21 heavy (non-hydrogen) atoms. The number of fused-ring (bicyclic) bond motifs is 2. The fourth-order valence-electron chi connectivity index (χ4n) is 3.02. The molecule has 8 heteroatoms. The summed E-state index contributed by atoms with van der Waals surface area (Å²) in [7, 11) is -3.72. The number of halogens is 1. The summed E-state index contributed by atoms with van der Waals surface area (Å²) in [6.07, 6.45) is -0.883. The van der Waals surface area contributed by atoms with Crippen molar-refractivity contribution in [3.63, 3.8) is 0 Å². The first-order valence-corrected chi connectivity index (χ1v) is 8.83. The number of amides is 1. The molecule has 0 radical (unpaired) electrons. The molecule has 0 aromatic carbocycles. The van der Waals surface area contributed by atoms with E-state index in [1.165, 1.54) is 4.90 Å². The first-order chi connectivity index (χ1) is 9.48. The Morgan fingerprint density at radius 2 is 1.90 bits per heavy atom. The highest BCUT2D eigenvalue weighted by molar-refractivity contribution is 7.86. The van der Waals surface area contributed by atoms with Crippen molar-refractivity contribution in [1.29, 1.82) is 0 Å². The summed E-state index contributed by atoms with van der Waals surface area (Å²) in [5.41, 5.74) is -0.650. The summed E-state index contributed by atoms with van der Waals surface area (Å²) < 4.78 is 47.0. The second-order valence-electron chi connectivity index (χ2n) is 6.71. The molecule has 4 atom stereocenters. The molecule has 2 rings (SSSR count). The number of ether oxygens (including phenoxy) is 1. The summed E-state index contributed by atoms with van der Waals surface area (Å²) in [5, 5.41) is 0. The Morgan fingerprint density at radius 1 is 1.29 bits per heavy atom. The SMILES string of the molecule is CC(C)(C)OC(=O)N1C2CCC1[C@@H](F)[C@H](OS(C)(=O)=O)C2. The third kappa shape index (κ3) is 3.85. The van der Waals surface area contributed by atoms with E-state index in [1.54, 1.807) is 20.8 Å². The van der Waals surface area contributed by atoms with E-state index in [9.17, 15) is 17.6 Å². The zero-order valence-corrected chi connectivity index (χ0v) is 13.5. The number of hydrogen-bond donors (Lipinski definition) is 0. The molecule has 0 N–H and O–H groups in total. The first-order valence-electron chi connectivity index (χ1n) is 7.01. The van der Waals surface area contributed by atoms with Crippen LogP contribution in [0.15, 0.2) is 0 Å². The number of carbonyl (C=O) groups excluding carboxylic acids is 1. The Balaban J connectivity index is 2.11. The van der Waals surface area contributed by atoms with Crippen molar-refractivity contribution < 1.29 is 26.5 Å². The van der Waals surface area contributed by atoms with Crippen LogP contribution in [0.1, 0.15) is 40.0 Å². The number of rotatable bonds is 2. The van der Waals surface area contributed by atoms with Gasteiger partial charge in [-0.3, -0.25) is 9.08 Å². The van der Waals surface area contributed by atoms with Gasteiger partial charge in [0.15, 0.2) is 0 Å². The fraction of sp³-hybridized carbons (Fsp3) is 0.923. The summed E-state index contributed by atoms with van der Waals surface area (Å²) in [4.78, 5) is 13.6. The van der Waals surface area contributed by atoms with E-state index in [1.807, 2.05) is 0 Å². The Labute approximate surface area is 124 Å². The smallest absolute Gasteiger partial charge is 0.410 e. The monoisotopic (exact) mass is 323 g/mol. The highest BCUT2D eigenvalue weighted by atomic mass is 32.2. The molecule has 0 spiro atoms. The molecule has 2 fully saturated rings. The van der Waals surface area contributed by atoms with Gasteiger partial charge < -0.3 is 4.74 Å². The maximum Gasteiger partial charge on any atom is 0.410 e. The molecular formula is C13H22FNO5S. The lowest BCUT2D eigenvalue weighted by molar-refractivity contribution is -0.0381. The Morgan fingerprint density at radius 3 is 2.43 bits per heavy atom. The van der Waals surface area contributed by atoms with Gasteiger partial charge in [0, 0.05) is 6.04 Å². The maximum atomic E-state index is 14.5. The maximum absolute atomic E-state index is 14.5. The highest BCUT2D eigenvalue weighted by Crippen LogP contribution is 2.39. The lowest BCUT2D eigenvalue weighted by atomic mass is 9.98. The molecule has 2 aliphatic heterocycles. The van der Waals surface area contributed by atoms with Gasteiger partial charge >= 0.3 is 6.09 Å². The molecule has 0 aliphatic carbocycles. The minimum absolute atomic E-state index is 0.171. The van der Waals surface area contributed by atoms with Gasteiger partial charge in [0.2, 0.25) is 0 Å². The molecule has 0 aromatic rings. The lowest BCUT2D eigenvalue weighted by Gasteiger charge is -2.40. The van der Waals surface area contributed by atoms with E-state index in [-0.39, 0.29) is 12.5 Å². The highest BCUT2D eigenvalue weighted by Gasteiger charge is 2.52. The van der Waals surface area contributed by atoms with Crippen LogP contribution in [0.4, 0.5) is 9.18 Å². The second-order valence-corrected chi connectivity index (χ2v) is 8.31. The van der Waals surface area contributed by atoms with Crippen LogP contribution in [0.25, 0.3) is 0 Å². The van der Waals surface area contributed by atoms with Gasteiger partial charge in [-0.2, -0.15) is 8.42 Å². The van der Waals surface area contributed by atoms with E-state index < -0.39 is 40.1 Å². The van der Waals surface area contributed by atoms with Crippen LogP contribution in [0.2, 0.25) is 0 Å². The van der Waals surface area contributed by atoms with Crippen molar-refractivity contribution in [2.75, 3.05) is 6.26 Å². The lowest BCUT2D eigenvalue weighted by Crippen LogP contribution is -2.56. The average Bonchev–Trinajstić information content (AvgIpc) is 2.60. The molecular weight excluding hydrogens is 301 g/mol. The standard InChI is InChI=1S/C13H22FNO5S/c1-13(2,3)19-12(16)15-8-5-6-9(15)11(14)10(7-8)20-21(4,17)18/h8-11H,5-7H2,1-4H3/t8?,9?,10-,11-/m1/s1. The molecule has 0 aromatic heterocycles. The minimum Gasteiger partial charge on any atom is -0.444 e. The van der Waals surface area contributed by atoms with Crippen LogP contribution in [0.3, 0.4) is 0 Å². The number of carbonyl (C=O) groups is 1. The number of nitrogens with zero attached hydrogens (tertiary/aromatic N) is 1. The minimum atomic E-state index is -3.72. The van der Waals surface area contributed by atoms with Crippen molar-refractivity contribution in [3.05, 3.63) is 0 Å². The number of hydrogen-bond acceptors (Lipinski definition) is 5. The average molecular weight is 323 g/mol. The zero-order chi connectivity index (χ0) is 16.0. The van der Waals surface area contributed by atoms with Crippen molar-refractivity contribution in [2.24, 2.45) is 0 Å². The van der Waals surface area contributed by atoms with Crippen molar-refractivity contribution in [2.45, 2.75) is 70.0 Å². The van der Waals surface area contributed by atoms with Crippen LogP contribution in [0, 0.1) is 0 Å². The molecule has 2 saturated heterocycles. The normalized spacial score (nSPS) is 33.1. The van der Waals surface area contributed by atoms with E-state index >= 15 is 0 Å². The van der Waals surface area contributed by atoms with Crippen molar-refractivity contribution in [3.8, 4) is 0 Å². The van der Waals surface area contributed by atoms with Crippen LogP contribution >= 0.6 is 0 Å². The molecule has 122 valence electrons. The third-order valence-corrected chi connectivity index (χ3v) is 4.27. The topological polar surface area (TPSA) is 72.9 Å². The van der Waals surface area contributed by atoms with Gasteiger partial charge in [-0.05, 0) is 40.0 Å². The quantitative estimate of drug-likeness (QED) is 0.725. The van der Waals surface area contributed by atoms with Gasteiger partial charge in [0.25, 0.3) is 10.1 Å². The largest absolute Gasteiger partial charge is 0.444 e. The Bertz CT molecular complexity index is 515. The van der Waals surface area contributed by atoms with Gasteiger partial charge in [-0.15, -0.1) is 0 Å². The molecule has 6 nitrogen and oxygen atoms in total. The number of piperidine rings is 1. The zero-order valence-electron chi connectivity index (χ0n) is 12.7. The predicted octanol–water partition coefficient (Wildman–Crippen LogP) is 1.84. The van der Waals surface area contributed by atoms with Gasteiger partial charge in [0.1, 0.15) is 17.9 Å². The molecule has 2 bridgehead atoms.